The number of nitrogens with one attached hydrogen (secondary N) is 1. The van der Waals surface area contributed by atoms with Crippen LogP contribution in [-0.4, -0.2) is 17.5 Å². The molecule has 0 aliphatic carbocycles. The SMILES string of the molecule is CC(C)[C@H](N)C(=O)NC(C)(C)CCc1ccccc1. The van der Waals surface area contributed by atoms with Crippen molar-refractivity contribution in [3.8, 4) is 0 Å². The molecule has 1 aromatic carbocycles. The molecule has 0 heterocycles. The summed E-state index contributed by atoms with van der Waals surface area (Å²) in [5.41, 5.74) is 6.92. The van der Waals surface area contributed by atoms with Gasteiger partial charge in [-0.3, -0.25) is 4.79 Å². The van der Waals surface area contributed by atoms with E-state index in [1.54, 1.807) is 0 Å². The van der Waals surface area contributed by atoms with E-state index in [-0.39, 0.29) is 17.4 Å². The summed E-state index contributed by atoms with van der Waals surface area (Å²) >= 11 is 0. The summed E-state index contributed by atoms with van der Waals surface area (Å²) in [5.74, 6) is 0.0954. The van der Waals surface area contributed by atoms with Crippen LogP contribution in [0.5, 0.6) is 0 Å². The molecule has 1 atom stereocenters. The smallest absolute Gasteiger partial charge is 0.237 e. The minimum atomic E-state index is -0.434. The van der Waals surface area contributed by atoms with Crippen molar-refractivity contribution in [1.29, 1.82) is 0 Å². The fourth-order valence-electron chi connectivity index (χ4n) is 1.88. The lowest BCUT2D eigenvalue weighted by atomic mass is 9.94. The van der Waals surface area contributed by atoms with Gasteiger partial charge in [0.2, 0.25) is 5.91 Å². The highest BCUT2D eigenvalue weighted by atomic mass is 16.2. The van der Waals surface area contributed by atoms with E-state index in [4.69, 9.17) is 5.73 Å². The number of hydrogen-bond acceptors (Lipinski definition) is 2. The van der Waals surface area contributed by atoms with Crippen molar-refractivity contribution >= 4 is 5.91 Å². The van der Waals surface area contributed by atoms with Gasteiger partial charge in [-0.2, -0.15) is 0 Å². The molecule has 0 aliphatic rings. The Balaban J connectivity index is 2.50. The maximum Gasteiger partial charge on any atom is 0.237 e. The second kappa shape index (κ2) is 6.71. The van der Waals surface area contributed by atoms with E-state index in [0.717, 1.165) is 12.8 Å². The van der Waals surface area contributed by atoms with Crippen LogP contribution in [0.3, 0.4) is 0 Å². The van der Waals surface area contributed by atoms with Crippen LogP contribution in [0, 0.1) is 5.92 Å². The molecule has 1 rings (SSSR count). The molecule has 1 amide bonds. The molecule has 0 spiro atoms. The van der Waals surface area contributed by atoms with Crippen molar-refractivity contribution in [3.63, 3.8) is 0 Å². The van der Waals surface area contributed by atoms with Crippen molar-refractivity contribution in [1.82, 2.24) is 5.32 Å². The number of nitrogens with two attached hydrogens (primary N) is 1. The Hall–Kier alpha value is -1.35. The lowest BCUT2D eigenvalue weighted by molar-refractivity contribution is -0.124. The van der Waals surface area contributed by atoms with E-state index in [1.165, 1.54) is 5.56 Å². The molecule has 0 saturated heterocycles. The molecule has 1 aromatic rings. The zero-order valence-electron chi connectivity index (χ0n) is 12.4. The van der Waals surface area contributed by atoms with Crippen LogP contribution in [0.1, 0.15) is 39.7 Å². The van der Waals surface area contributed by atoms with Gasteiger partial charge in [0.15, 0.2) is 0 Å². The standard InChI is InChI=1S/C16H26N2O/c1-12(2)14(17)15(19)18-16(3,4)11-10-13-8-6-5-7-9-13/h5-9,12,14H,10-11,17H2,1-4H3,(H,18,19)/t14-/m0/s1. The summed E-state index contributed by atoms with van der Waals surface area (Å²) < 4.78 is 0. The average molecular weight is 262 g/mol. The first-order valence-electron chi connectivity index (χ1n) is 6.93. The molecule has 0 fully saturated rings. The van der Waals surface area contributed by atoms with Gasteiger partial charge in [-0.05, 0) is 38.2 Å². The largest absolute Gasteiger partial charge is 0.350 e. The molecule has 106 valence electrons. The average Bonchev–Trinajstić information content (AvgIpc) is 2.36. The first-order valence-corrected chi connectivity index (χ1v) is 6.93. The molecule has 0 bridgehead atoms. The molecule has 19 heavy (non-hydrogen) atoms. The van der Waals surface area contributed by atoms with Crippen LogP contribution in [0.25, 0.3) is 0 Å². The third-order valence-electron chi connectivity index (χ3n) is 3.36. The Morgan fingerprint density at radius 2 is 1.84 bits per heavy atom. The Morgan fingerprint density at radius 3 is 2.37 bits per heavy atom. The van der Waals surface area contributed by atoms with Crippen molar-refractivity contribution in [2.45, 2.75) is 52.1 Å². The quantitative estimate of drug-likeness (QED) is 0.827. The van der Waals surface area contributed by atoms with Crippen LogP contribution in [0.15, 0.2) is 30.3 Å². The maximum atomic E-state index is 12.0. The molecule has 0 unspecified atom stereocenters. The minimum Gasteiger partial charge on any atom is -0.350 e. The fraction of sp³-hybridized carbons (Fsp3) is 0.562. The second-order valence-electron chi connectivity index (χ2n) is 6.13. The molecule has 3 heteroatoms. The first kappa shape index (κ1) is 15.7. The van der Waals surface area contributed by atoms with Crippen LogP contribution in [0.4, 0.5) is 0 Å². The summed E-state index contributed by atoms with van der Waals surface area (Å²) in [6, 6.07) is 9.87. The molecule has 0 aromatic heterocycles. The number of carbonyl (C=O) groups excluding carboxylic acids is 1. The number of rotatable bonds is 6. The van der Waals surface area contributed by atoms with Gasteiger partial charge in [0.25, 0.3) is 0 Å². The highest BCUT2D eigenvalue weighted by Crippen LogP contribution is 2.14. The molecule has 3 N–H and O–H groups in total. The van der Waals surface area contributed by atoms with E-state index < -0.39 is 6.04 Å². The monoisotopic (exact) mass is 262 g/mol. The van der Waals surface area contributed by atoms with Gasteiger partial charge >= 0.3 is 0 Å². The molecule has 0 aliphatic heterocycles. The Bertz CT molecular complexity index is 398. The zero-order valence-corrected chi connectivity index (χ0v) is 12.4. The minimum absolute atomic E-state index is 0.0620. The van der Waals surface area contributed by atoms with Gasteiger partial charge in [0, 0.05) is 5.54 Å². The zero-order chi connectivity index (χ0) is 14.5. The summed E-state index contributed by atoms with van der Waals surface area (Å²) in [5, 5.41) is 3.04. The first-order chi connectivity index (χ1) is 8.82. The molecular formula is C16H26N2O. The molecule has 0 saturated carbocycles. The third kappa shape index (κ3) is 5.43. The van der Waals surface area contributed by atoms with Crippen LogP contribution >= 0.6 is 0 Å². The fourth-order valence-corrected chi connectivity index (χ4v) is 1.88. The number of hydrogen-bond donors (Lipinski definition) is 2. The summed E-state index contributed by atoms with van der Waals surface area (Å²) in [6.07, 6.45) is 1.85. The predicted molar refractivity (Wildman–Crippen MR) is 79.8 cm³/mol. The Morgan fingerprint density at radius 1 is 1.26 bits per heavy atom. The number of benzene rings is 1. The Labute approximate surface area is 116 Å². The van der Waals surface area contributed by atoms with Gasteiger partial charge in [0.1, 0.15) is 0 Å². The molecule has 0 radical (unpaired) electrons. The van der Waals surface area contributed by atoms with Gasteiger partial charge in [-0.1, -0.05) is 44.2 Å². The molecular weight excluding hydrogens is 236 g/mol. The topological polar surface area (TPSA) is 55.1 Å². The van der Waals surface area contributed by atoms with E-state index in [0.29, 0.717) is 0 Å². The Kier molecular flexibility index (Phi) is 5.55. The third-order valence-corrected chi connectivity index (χ3v) is 3.36. The van der Waals surface area contributed by atoms with Crippen molar-refractivity contribution in [3.05, 3.63) is 35.9 Å². The second-order valence-corrected chi connectivity index (χ2v) is 6.13. The summed E-state index contributed by atoms with van der Waals surface area (Å²) in [7, 11) is 0. The van der Waals surface area contributed by atoms with E-state index >= 15 is 0 Å². The van der Waals surface area contributed by atoms with Gasteiger partial charge in [0.05, 0.1) is 6.04 Å². The van der Waals surface area contributed by atoms with Crippen molar-refractivity contribution in [2.75, 3.05) is 0 Å². The predicted octanol–water partition coefficient (Wildman–Crippen LogP) is 2.50. The highest BCUT2D eigenvalue weighted by Gasteiger charge is 2.25. The normalized spacial score (nSPS) is 13.4. The van der Waals surface area contributed by atoms with Gasteiger partial charge in [-0.25, -0.2) is 0 Å². The maximum absolute atomic E-state index is 12.0. The van der Waals surface area contributed by atoms with Crippen molar-refractivity contribution < 1.29 is 4.79 Å². The summed E-state index contributed by atoms with van der Waals surface area (Å²) in [6.45, 7) is 8.00. The van der Waals surface area contributed by atoms with Crippen molar-refractivity contribution in [2.24, 2.45) is 11.7 Å². The summed E-state index contributed by atoms with van der Waals surface area (Å²) in [4.78, 5) is 12.0. The highest BCUT2D eigenvalue weighted by molar-refractivity contribution is 5.82. The number of carbonyl (C=O) groups is 1. The van der Waals surface area contributed by atoms with Crippen LogP contribution < -0.4 is 11.1 Å². The number of aryl methyl sites for hydroxylation is 1. The van der Waals surface area contributed by atoms with E-state index in [2.05, 4.69) is 17.4 Å². The lowest BCUT2D eigenvalue weighted by Crippen LogP contribution is -2.52. The van der Waals surface area contributed by atoms with Crippen LogP contribution in [0.2, 0.25) is 0 Å². The number of amides is 1. The van der Waals surface area contributed by atoms with Gasteiger partial charge < -0.3 is 11.1 Å². The molecule has 3 nitrogen and oxygen atoms in total. The van der Waals surface area contributed by atoms with Crippen LogP contribution in [-0.2, 0) is 11.2 Å². The van der Waals surface area contributed by atoms with E-state index in [1.807, 2.05) is 45.9 Å². The van der Waals surface area contributed by atoms with Gasteiger partial charge in [-0.15, -0.1) is 0 Å². The lowest BCUT2D eigenvalue weighted by Gasteiger charge is -2.29. The van der Waals surface area contributed by atoms with E-state index in [9.17, 15) is 4.79 Å².